The van der Waals surface area contributed by atoms with Gasteiger partial charge in [-0.1, -0.05) is 6.92 Å². The van der Waals surface area contributed by atoms with Gasteiger partial charge in [0.1, 0.15) is 0 Å². The van der Waals surface area contributed by atoms with Crippen molar-refractivity contribution < 1.29 is 14.7 Å². The average Bonchev–Trinajstić information content (AvgIpc) is 2.16. The van der Waals surface area contributed by atoms with Gasteiger partial charge in [-0.3, -0.25) is 14.9 Å². The third-order valence-electron chi connectivity index (χ3n) is 1.82. The van der Waals surface area contributed by atoms with Crippen molar-refractivity contribution in [2.75, 3.05) is 13.1 Å². The number of carbonyl (C=O) groups excluding carboxylic acids is 1. The van der Waals surface area contributed by atoms with E-state index in [9.17, 15) is 9.59 Å². The van der Waals surface area contributed by atoms with Gasteiger partial charge in [0.05, 0.1) is 6.17 Å². The van der Waals surface area contributed by atoms with E-state index in [1.54, 1.807) is 0 Å². The van der Waals surface area contributed by atoms with Crippen molar-refractivity contribution in [1.29, 1.82) is 0 Å². The first-order chi connectivity index (χ1) is 7.10. The molecule has 0 saturated carbocycles. The molecule has 15 heavy (non-hydrogen) atoms. The van der Waals surface area contributed by atoms with E-state index in [-0.39, 0.29) is 24.9 Å². The second-order valence-corrected chi connectivity index (χ2v) is 3.16. The molecule has 0 bridgehead atoms. The normalized spacial score (nSPS) is 12.1. The van der Waals surface area contributed by atoms with Crippen molar-refractivity contribution in [2.24, 2.45) is 5.73 Å². The van der Waals surface area contributed by atoms with E-state index in [4.69, 9.17) is 10.8 Å². The third-order valence-corrected chi connectivity index (χ3v) is 1.82. The van der Waals surface area contributed by atoms with Crippen LogP contribution in [0.2, 0.25) is 0 Å². The summed E-state index contributed by atoms with van der Waals surface area (Å²) in [5, 5.41) is 14.0. The van der Waals surface area contributed by atoms with Crippen LogP contribution in [0.3, 0.4) is 0 Å². The number of rotatable bonds is 8. The standard InChI is InChI=1S/C9H19N3O3/c1-2-11-7(6-10)12-8(13)4-3-5-9(14)15/h7,11H,2-6,10H2,1H3,(H,12,13)(H,14,15). The Labute approximate surface area is 89.2 Å². The van der Waals surface area contributed by atoms with E-state index in [0.29, 0.717) is 13.0 Å². The number of carboxylic acids is 1. The van der Waals surface area contributed by atoms with E-state index in [2.05, 4.69) is 10.6 Å². The molecule has 6 nitrogen and oxygen atoms in total. The Morgan fingerprint density at radius 3 is 2.53 bits per heavy atom. The maximum Gasteiger partial charge on any atom is 0.303 e. The Kier molecular flexibility index (Phi) is 7.57. The van der Waals surface area contributed by atoms with Crippen molar-refractivity contribution in [3.8, 4) is 0 Å². The molecule has 0 radical (unpaired) electrons. The van der Waals surface area contributed by atoms with Crippen LogP contribution in [0, 0.1) is 0 Å². The van der Waals surface area contributed by atoms with Crippen LogP contribution < -0.4 is 16.4 Å². The molecule has 0 aromatic carbocycles. The highest BCUT2D eigenvalue weighted by atomic mass is 16.4. The van der Waals surface area contributed by atoms with Gasteiger partial charge in [-0.05, 0) is 13.0 Å². The Morgan fingerprint density at radius 1 is 1.40 bits per heavy atom. The zero-order chi connectivity index (χ0) is 11.7. The summed E-state index contributed by atoms with van der Waals surface area (Å²) in [6.45, 7) is 2.95. The summed E-state index contributed by atoms with van der Waals surface area (Å²) in [5.74, 6) is -1.06. The van der Waals surface area contributed by atoms with Gasteiger partial charge in [-0.15, -0.1) is 0 Å². The number of nitrogens with two attached hydrogens (primary N) is 1. The summed E-state index contributed by atoms with van der Waals surface area (Å²) >= 11 is 0. The third kappa shape index (κ3) is 7.90. The largest absolute Gasteiger partial charge is 0.481 e. The van der Waals surface area contributed by atoms with Gasteiger partial charge in [-0.25, -0.2) is 0 Å². The summed E-state index contributed by atoms with van der Waals surface area (Å²) in [7, 11) is 0. The highest BCUT2D eigenvalue weighted by molar-refractivity contribution is 5.77. The molecule has 0 rings (SSSR count). The molecule has 88 valence electrons. The van der Waals surface area contributed by atoms with Gasteiger partial charge in [0.25, 0.3) is 0 Å². The van der Waals surface area contributed by atoms with Crippen molar-refractivity contribution in [3.63, 3.8) is 0 Å². The van der Waals surface area contributed by atoms with Gasteiger partial charge in [0.2, 0.25) is 5.91 Å². The van der Waals surface area contributed by atoms with Crippen LogP contribution in [-0.2, 0) is 9.59 Å². The molecular formula is C9H19N3O3. The van der Waals surface area contributed by atoms with Gasteiger partial charge < -0.3 is 16.2 Å². The fourth-order valence-corrected chi connectivity index (χ4v) is 1.11. The van der Waals surface area contributed by atoms with Gasteiger partial charge in [-0.2, -0.15) is 0 Å². The summed E-state index contributed by atoms with van der Waals surface area (Å²) in [5.41, 5.74) is 5.41. The molecule has 6 heteroatoms. The summed E-state index contributed by atoms with van der Waals surface area (Å²) in [4.78, 5) is 21.5. The second-order valence-electron chi connectivity index (χ2n) is 3.16. The fraction of sp³-hybridized carbons (Fsp3) is 0.778. The number of carboxylic acid groups (broad SMARTS) is 1. The molecule has 0 aliphatic heterocycles. The number of nitrogens with one attached hydrogen (secondary N) is 2. The predicted molar refractivity (Wildman–Crippen MR) is 56.1 cm³/mol. The number of carbonyl (C=O) groups is 2. The van der Waals surface area contributed by atoms with Crippen LogP contribution >= 0.6 is 0 Å². The SMILES string of the molecule is CCNC(CN)NC(=O)CCCC(=O)O. The number of hydrogen-bond donors (Lipinski definition) is 4. The van der Waals surface area contributed by atoms with E-state index in [1.165, 1.54) is 0 Å². The molecule has 1 amide bonds. The average molecular weight is 217 g/mol. The zero-order valence-electron chi connectivity index (χ0n) is 8.95. The summed E-state index contributed by atoms with van der Waals surface area (Å²) in [6, 6.07) is 0. The van der Waals surface area contributed by atoms with Crippen molar-refractivity contribution >= 4 is 11.9 Å². The number of amides is 1. The maximum atomic E-state index is 11.3. The first-order valence-corrected chi connectivity index (χ1v) is 5.04. The van der Waals surface area contributed by atoms with Crippen LogP contribution in [-0.4, -0.2) is 36.2 Å². The highest BCUT2D eigenvalue weighted by Gasteiger charge is 2.09. The molecular weight excluding hydrogens is 198 g/mol. The lowest BCUT2D eigenvalue weighted by atomic mass is 10.2. The Morgan fingerprint density at radius 2 is 2.07 bits per heavy atom. The van der Waals surface area contributed by atoms with Gasteiger partial charge >= 0.3 is 5.97 Å². The molecule has 1 unspecified atom stereocenters. The number of hydrogen-bond acceptors (Lipinski definition) is 4. The molecule has 0 aliphatic carbocycles. The van der Waals surface area contributed by atoms with Crippen molar-refractivity contribution in [2.45, 2.75) is 32.4 Å². The molecule has 0 aromatic rings. The summed E-state index contributed by atoms with van der Waals surface area (Å²) in [6.07, 6.45) is 0.355. The summed E-state index contributed by atoms with van der Waals surface area (Å²) < 4.78 is 0. The van der Waals surface area contributed by atoms with Gasteiger partial charge in [0.15, 0.2) is 0 Å². The van der Waals surface area contributed by atoms with Crippen LogP contribution in [0.15, 0.2) is 0 Å². The molecule has 1 atom stereocenters. The van der Waals surface area contributed by atoms with Crippen molar-refractivity contribution in [3.05, 3.63) is 0 Å². The van der Waals surface area contributed by atoms with E-state index >= 15 is 0 Å². The second kappa shape index (κ2) is 8.19. The highest BCUT2D eigenvalue weighted by Crippen LogP contribution is 1.95. The van der Waals surface area contributed by atoms with E-state index in [1.807, 2.05) is 6.92 Å². The molecule has 0 spiro atoms. The minimum Gasteiger partial charge on any atom is -0.481 e. The first-order valence-electron chi connectivity index (χ1n) is 5.04. The van der Waals surface area contributed by atoms with E-state index in [0.717, 1.165) is 6.54 Å². The lowest BCUT2D eigenvalue weighted by Gasteiger charge is -2.17. The maximum absolute atomic E-state index is 11.3. The van der Waals surface area contributed by atoms with Crippen molar-refractivity contribution in [1.82, 2.24) is 10.6 Å². The minimum absolute atomic E-state index is 0.0158. The number of aliphatic carboxylic acids is 1. The van der Waals surface area contributed by atoms with Crippen LogP contribution in [0.5, 0.6) is 0 Å². The Balaban J connectivity index is 3.66. The topological polar surface area (TPSA) is 104 Å². The molecule has 0 saturated heterocycles. The molecule has 0 aliphatic rings. The first kappa shape index (κ1) is 13.9. The Hall–Kier alpha value is -1.14. The van der Waals surface area contributed by atoms with Crippen LogP contribution in [0.1, 0.15) is 26.2 Å². The fourth-order valence-electron chi connectivity index (χ4n) is 1.11. The van der Waals surface area contributed by atoms with E-state index < -0.39 is 5.97 Å². The zero-order valence-corrected chi connectivity index (χ0v) is 8.95. The molecule has 0 heterocycles. The van der Waals surface area contributed by atoms with Crippen LogP contribution in [0.4, 0.5) is 0 Å². The number of likely N-dealkylation sites (N-methyl/N-ethyl adjacent to an activating group) is 1. The van der Waals surface area contributed by atoms with Gasteiger partial charge in [0, 0.05) is 19.4 Å². The van der Waals surface area contributed by atoms with Crippen LogP contribution in [0.25, 0.3) is 0 Å². The smallest absolute Gasteiger partial charge is 0.303 e. The minimum atomic E-state index is -0.884. The monoisotopic (exact) mass is 217 g/mol. The predicted octanol–water partition coefficient (Wildman–Crippen LogP) is -0.748. The molecule has 5 N–H and O–H groups in total. The molecule has 0 aromatic heterocycles. The Bertz CT molecular complexity index is 209. The quantitative estimate of drug-likeness (QED) is 0.400. The molecule has 0 fully saturated rings. The lowest BCUT2D eigenvalue weighted by molar-refractivity contribution is -0.137. The lowest BCUT2D eigenvalue weighted by Crippen LogP contribution is -2.49.